The second-order valence-corrected chi connectivity index (χ2v) is 5.52. The van der Waals surface area contributed by atoms with Gasteiger partial charge in [-0.3, -0.25) is 0 Å². The Bertz CT molecular complexity index is 703. The van der Waals surface area contributed by atoms with E-state index < -0.39 is 11.9 Å². The molecule has 0 heterocycles. The standard InChI is InChI=1S/C12H19N.C8H6O4/c1-4-9-7-8-12(13)11(6-3)10(9)5-2;9-7(10)5-1-2-6(4-3-5)8(11)12/h7-8H,4-6,13H2,1-3H3;1-4H,(H,9,10)(H,11,12). The fourth-order valence-electron chi connectivity index (χ4n) is 2.70. The second kappa shape index (κ2) is 9.47. The maximum absolute atomic E-state index is 10.3. The van der Waals surface area contributed by atoms with E-state index >= 15 is 0 Å². The molecule has 134 valence electrons. The summed E-state index contributed by atoms with van der Waals surface area (Å²) in [4.78, 5) is 20.7. The van der Waals surface area contributed by atoms with Gasteiger partial charge in [-0.05, 0) is 66.3 Å². The zero-order valence-electron chi connectivity index (χ0n) is 14.9. The summed E-state index contributed by atoms with van der Waals surface area (Å²) in [6.45, 7) is 6.57. The first kappa shape index (κ1) is 20.2. The SMILES string of the molecule is CCc1ccc(N)c(CC)c1CC.O=C(O)c1ccc(C(=O)O)cc1. The largest absolute Gasteiger partial charge is 0.478 e. The Kier molecular flexibility index (Phi) is 7.66. The minimum absolute atomic E-state index is 0.0833. The number of nitrogens with two attached hydrogens (primary N) is 1. The van der Waals surface area contributed by atoms with Gasteiger partial charge in [0.2, 0.25) is 0 Å². The van der Waals surface area contributed by atoms with Crippen LogP contribution in [0.1, 0.15) is 58.2 Å². The quantitative estimate of drug-likeness (QED) is 0.711. The molecule has 0 bridgehead atoms. The fourth-order valence-corrected chi connectivity index (χ4v) is 2.70. The molecule has 0 atom stereocenters. The summed E-state index contributed by atoms with van der Waals surface area (Å²) in [5, 5.41) is 16.9. The molecule has 0 aliphatic carbocycles. The molecule has 0 aromatic heterocycles. The Labute approximate surface area is 148 Å². The molecule has 2 aromatic carbocycles. The van der Waals surface area contributed by atoms with Crippen LogP contribution in [0.5, 0.6) is 0 Å². The summed E-state index contributed by atoms with van der Waals surface area (Å²) < 4.78 is 0. The Hall–Kier alpha value is -2.82. The van der Waals surface area contributed by atoms with Crippen molar-refractivity contribution < 1.29 is 19.8 Å². The van der Waals surface area contributed by atoms with Crippen molar-refractivity contribution in [2.45, 2.75) is 40.0 Å². The smallest absolute Gasteiger partial charge is 0.335 e. The molecule has 0 spiro atoms. The van der Waals surface area contributed by atoms with Crippen LogP contribution in [-0.4, -0.2) is 22.2 Å². The zero-order chi connectivity index (χ0) is 19.0. The topological polar surface area (TPSA) is 101 Å². The number of carboxylic acids is 2. The van der Waals surface area contributed by atoms with E-state index in [1.165, 1.54) is 41.0 Å². The summed E-state index contributed by atoms with van der Waals surface area (Å²) in [7, 11) is 0. The van der Waals surface area contributed by atoms with Crippen LogP contribution < -0.4 is 5.73 Å². The van der Waals surface area contributed by atoms with Gasteiger partial charge in [-0.2, -0.15) is 0 Å². The van der Waals surface area contributed by atoms with Crippen molar-refractivity contribution in [3.8, 4) is 0 Å². The highest BCUT2D eigenvalue weighted by molar-refractivity contribution is 5.91. The number of carbonyl (C=O) groups is 2. The van der Waals surface area contributed by atoms with Crippen molar-refractivity contribution in [3.05, 3.63) is 64.2 Å². The molecule has 5 nitrogen and oxygen atoms in total. The summed E-state index contributed by atoms with van der Waals surface area (Å²) in [6, 6.07) is 9.22. The van der Waals surface area contributed by atoms with Crippen molar-refractivity contribution in [1.82, 2.24) is 0 Å². The number of hydrogen-bond donors (Lipinski definition) is 3. The van der Waals surface area contributed by atoms with Gasteiger partial charge in [0.25, 0.3) is 0 Å². The molecule has 4 N–H and O–H groups in total. The van der Waals surface area contributed by atoms with E-state index in [-0.39, 0.29) is 11.1 Å². The van der Waals surface area contributed by atoms with E-state index in [0.29, 0.717) is 0 Å². The maximum atomic E-state index is 10.3. The molecule has 0 aliphatic heterocycles. The highest BCUT2D eigenvalue weighted by Gasteiger charge is 2.07. The Morgan fingerprint density at radius 2 is 1.20 bits per heavy atom. The molecule has 0 saturated heterocycles. The molecule has 2 rings (SSSR count). The molecule has 25 heavy (non-hydrogen) atoms. The molecular weight excluding hydrogens is 318 g/mol. The third-order valence-electron chi connectivity index (χ3n) is 4.03. The number of carboxylic acid groups (broad SMARTS) is 2. The first-order valence-electron chi connectivity index (χ1n) is 8.31. The number of aryl methyl sites for hydroxylation is 1. The van der Waals surface area contributed by atoms with Crippen LogP contribution in [0.3, 0.4) is 0 Å². The third kappa shape index (κ3) is 5.35. The van der Waals surface area contributed by atoms with Gasteiger partial charge in [0.1, 0.15) is 0 Å². The molecule has 0 aliphatic rings. The second-order valence-electron chi connectivity index (χ2n) is 5.52. The minimum Gasteiger partial charge on any atom is -0.478 e. The molecular formula is C20H25NO4. The van der Waals surface area contributed by atoms with Crippen molar-refractivity contribution in [2.75, 3.05) is 5.73 Å². The summed E-state index contributed by atoms with van der Waals surface area (Å²) in [6.07, 6.45) is 3.25. The van der Waals surface area contributed by atoms with Crippen LogP contribution in [-0.2, 0) is 19.3 Å². The third-order valence-corrected chi connectivity index (χ3v) is 4.03. The fraction of sp³-hybridized carbons (Fsp3) is 0.300. The lowest BCUT2D eigenvalue weighted by Gasteiger charge is -2.13. The zero-order valence-corrected chi connectivity index (χ0v) is 14.9. The normalized spacial score (nSPS) is 9.88. The highest BCUT2D eigenvalue weighted by atomic mass is 16.4. The number of rotatable bonds is 5. The molecule has 0 saturated carbocycles. The lowest BCUT2D eigenvalue weighted by Crippen LogP contribution is -2.02. The number of aromatic carboxylic acids is 2. The molecule has 2 aromatic rings. The van der Waals surface area contributed by atoms with Crippen molar-refractivity contribution in [1.29, 1.82) is 0 Å². The number of anilines is 1. The Balaban J connectivity index is 0.000000251. The van der Waals surface area contributed by atoms with Gasteiger partial charge in [-0.15, -0.1) is 0 Å². The first-order valence-corrected chi connectivity index (χ1v) is 8.31. The minimum atomic E-state index is -1.06. The molecule has 5 heteroatoms. The lowest BCUT2D eigenvalue weighted by molar-refractivity contribution is 0.0681. The predicted octanol–water partition coefficient (Wildman–Crippen LogP) is 4.04. The van der Waals surface area contributed by atoms with Crippen LogP contribution in [0.2, 0.25) is 0 Å². The van der Waals surface area contributed by atoms with E-state index in [1.807, 2.05) is 6.07 Å². The number of benzene rings is 2. The van der Waals surface area contributed by atoms with Crippen LogP contribution in [0, 0.1) is 0 Å². The van der Waals surface area contributed by atoms with Gasteiger partial charge >= 0.3 is 11.9 Å². The van der Waals surface area contributed by atoms with Gasteiger partial charge in [-0.25, -0.2) is 9.59 Å². The first-order chi connectivity index (χ1) is 11.8. The summed E-state index contributed by atoms with van der Waals surface area (Å²) >= 11 is 0. The molecule has 0 amide bonds. The average Bonchev–Trinajstić information content (AvgIpc) is 2.61. The van der Waals surface area contributed by atoms with Gasteiger partial charge < -0.3 is 15.9 Å². The van der Waals surface area contributed by atoms with Crippen molar-refractivity contribution in [2.24, 2.45) is 0 Å². The number of hydrogen-bond acceptors (Lipinski definition) is 3. The van der Waals surface area contributed by atoms with Crippen LogP contribution in [0.4, 0.5) is 5.69 Å². The van der Waals surface area contributed by atoms with E-state index in [0.717, 1.165) is 24.9 Å². The summed E-state index contributed by atoms with van der Waals surface area (Å²) in [5.41, 5.74) is 11.3. The maximum Gasteiger partial charge on any atom is 0.335 e. The molecule has 0 fully saturated rings. The highest BCUT2D eigenvalue weighted by Crippen LogP contribution is 2.22. The van der Waals surface area contributed by atoms with Crippen LogP contribution in [0.25, 0.3) is 0 Å². The van der Waals surface area contributed by atoms with Crippen molar-refractivity contribution in [3.63, 3.8) is 0 Å². The van der Waals surface area contributed by atoms with E-state index in [4.69, 9.17) is 15.9 Å². The van der Waals surface area contributed by atoms with Gasteiger partial charge in [0.15, 0.2) is 0 Å². The van der Waals surface area contributed by atoms with Crippen molar-refractivity contribution >= 4 is 17.6 Å². The average molecular weight is 343 g/mol. The summed E-state index contributed by atoms with van der Waals surface area (Å²) in [5.74, 6) is -2.13. The Morgan fingerprint density at radius 3 is 1.52 bits per heavy atom. The van der Waals surface area contributed by atoms with Crippen LogP contribution in [0.15, 0.2) is 36.4 Å². The molecule has 0 unspecified atom stereocenters. The van der Waals surface area contributed by atoms with E-state index in [2.05, 4.69) is 26.8 Å². The van der Waals surface area contributed by atoms with Gasteiger partial charge in [-0.1, -0.05) is 26.8 Å². The van der Waals surface area contributed by atoms with Gasteiger partial charge in [0, 0.05) is 5.69 Å². The van der Waals surface area contributed by atoms with Gasteiger partial charge in [0.05, 0.1) is 11.1 Å². The predicted molar refractivity (Wildman–Crippen MR) is 99.3 cm³/mol. The molecule has 0 radical (unpaired) electrons. The monoisotopic (exact) mass is 343 g/mol. The Morgan fingerprint density at radius 1 is 0.760 bits per heavy atom. The number of nitrogen functional groups attached to an aromatic ring is 1. The lowest BCUT2D eigenvalue weighted by atomic mass is 9.94. The van der Waals surface area contributed by atoms with E-state index in [9.17, 15) is 9.59 Å². The van der Waals surface area contributed by atoms with Crippen LogP contribution >= 0.6 is 0 Å². The van der Waals surface area contributed by atoms with E-state index in [1.54, 1.807) is 0 Å².